The molecule has 7 aliphatic rings. The number of nitrogens with two attached hydrogens (primary N) is 1. The molecule has 660 valence electrons. The van der Waals surface area contributed by atoms with Crippen LogP contribution >= 0.6 is 23.2 Å². The Bertz CT molecular complexity index is 5430. The quantitative estimate of drug-likeness (QED) is 0.0382. The number of aryl methyl sites for hydroxylation is 2. The number of nitrogens with one attached hydrogen (secondary N) is 9. The Labute approximate surface area is 713 Å². The normalized spacial score (nSPS) is 26.0. The smallest absolute Gasteiger partial charge is 0.349 e. The molecule has 2 fully saturated rings. The van der Waals surface area contributed by atoms with E-state index in [1.54, 1.807) is 20.8 Å². The first-order valence-electron chi connectivity index (χ1n) is 38.7. The standard InChI is InChI=1S/C81H89Cl2N13O28/c1-31(2)18-45(85-7)72(108)93-61-64(102)36-9-12-49(43(82)22-36)120-51-24-38-25-52(68(51)124-79-69(67(105)66(104)53(30-97)122-79)123-56-29-81(6,70(106)34(5)119-56)86-15-17-95-16-14-55(89-80(95)116)88-71(107)39-19-32(3)63(96(117)118)33(4)20-39)121-50-13-10-37(23-44(50)83)65(103)62-77(113)92-60(78(114)115)42-26-40(98)27-48(100)57(42)41-21-35(8-11-47(41)99)58(74(110)94-62)91-75(111)59(38)90-73(109)46(28-54(84)101)87-76(61)112/h8-14,16,19-27,31,34,45-46,53,56,58-62,64-67,69-70,79,85-86,97-100,102-106H,15,17-18,28-30H2,1-7H3,(H2,84,101)(H,87,112)(H,90,109)(H,91,111)(H,92,113)(H,93,108)(H,94,110)(H,114,115)(H,88,89,107,116)/t34-,45+,46+,53+,56+,58+,59?,60-,61-,62-,64-,65-,66-,67-,69-,70+,79?,81-/m1/s1. The second kappa shape index (κ2) is 37.5. The predicted octanol–water partition coefficient (Wildman–Crippen LogP) is 1.77. The minimum Gasteiger partial charge on any atom is -0.508 e. The van der Waals surface area contributed by atoms with Crippen molar-refractivity contribution in [3.63, 3.8) is 0 Å². The molecule has 0 aliphatic carbocycles. The number of carbonyl (C=O) groups is 9. The van der Waals surface area contributed by atoms with E-state index in [2.05, 4.69) is 52.8 Å². The molecule has 41 nitrogen and oxygen atoms in total. The number of aromatic hydroxyl groups is 3. The number of carboxylic acids is 1. The van der Waals surface area contributed by atoms with Gasteiger partial charge in [0.05, 0.1) is 46.2 Å². The van der Waals surface area contributed by atoms with Crippen molar-refractivity contribution in [1.82, 2.24) is 52.1 Å². The van der Waals surface area contributed by atoms with Gasteiger partial charge >= 0.3 is 11.7 Å². The maximum Gasteiger partial charge on any atom is 0.349 e. The maximum absolute atomic E-state index is 16.2. The van der Waals surface area contributed by atoms with Gasteiger partial charge in [-0.15, -0.1) is 0 Å². The van der Waals surface area contributed by atoms with Gasteiger partial charge in [-0.2, -0.15) is 4.98 Å². The van der Waals surface area contributed by atoms with Crippen LogP contribution in [0.4, 0.5) is 11.5 Å². The largest absolute Gasteiger partial charge is 0.508 e. The number of halogens is 2. The van der Waals surface area contributed by atoms with E-state index in [1.165, 1.54) is 62.8 Å². The number of phenolic OH excluding ortho intramolecular Hbond substituents is 3. The number of ether oxygens (including phenoxy) is 6. The van der Waals surface area contributed by atoms with Crippen LogP contribution in [0.5, 0.6) is 46.0 Å². The summed E-state index contributed by atoms with van der Waals surface area (Å²) < 4.78 is 40.4. The Morgan fingerprint density at radius 3 is 1.96 bits per heavy atom. The number of phenols is 3. The van der Waals surface area contributed by atoms with Crippen LogP contribution in [0.1, 0.15) is 127 Å². The second-order valence-corrected chi connectivity index (χ2v) is 31.8. The van der Waals surface area contributed by atoms with E-state index in [9.17, 15) is 94.7 Å². The van der Waals surface area contributed by atoms with E-state index in [0.29, 0.717) is 0 Å². The topological polar surface area (TPSA) is 624 Å². The van der Waals surface area contributed by atoms with E-state index in [-0.39, 0.29) is 71.2 Å². The summed E-state index contributed by atoms with van der Waals surface area (Å²) in [5.74, 6) is -17.5. The van der Waals surface area contributed by atoms with E-state index >= 15 is 14.4 Å². The zero-order chi connectivity index (χ0) is 90.1. The van der Waals surface area contributed by atoms with Gasteiger partial charge in [-0.25, -0.2) is 9.59 Å². The average Bonchev–Trinajstić information content (AvgIpc) is 0.763. The number of nitrogens with zero attached hydrogens (tertiary/aromatic N) is 3. The van der Waals surface area contributed by atoms with Crippen molar-refractivity contribution in [3.8, 4) is 57.1 Å². The first-order chi connectivity index (χ1) is 58.6. The van der Waals surface area contributed by atoms with Crippen LogP contribution in [0.15, 0.2) is 108 Å². The fourth-order valence-electron chi connectivity index (χ4n) is 15.3. The number of nitro groups is 1. The van der Waals surface area contributed by atoms with Gasteiger partial charge in [-0.1, -0.05) is 55.2 Å². The molecule has 14 rings (SSSR count). The highest BCUT2D eigenvalue weighted by atomic mass is 35.5. The third-order valence-corrected chi connectivity index (χ3v) is 22.3. The number of fused-ring (bicyclic) bond motifs is 15. The van der Waals surface area contributed by atoms with Crippen LogP contribution in [0.2, 0.25) is 10.0 Å². The molecule has 0 radical (unpaired) electrons. The summed E-state index contributed by atoms with van der Waals surface area (Å²) >= 11 is 14.3. The van der Waals surface area contributed by atoms with Crippen LogP contribution in [0.25, 0.3) is 11.1 Å². The van der Waals surface area contributed by atoms with Gasteiger partial charge in [0.2, 0.25) is 53.4 Å². The Morgan fingerprint density at radius 1 is 0.742 bits per heavy atom. The number of anilines is 1. The van der Waals surface area contributed by atoms with Gasteiger partial charge < -0.3 is 133 Å². The number of likely N-dealkylation sites (N-methyl/N-ethyl adjacent to an activating group) is 1. The van der Waals surface area contributed by atoms with E-state index < -0.39 is 270 Å². The van der Waals surface area contributed by atoms with Gasteiger partial charge in [0.1, 0.15) is 95.3 Å². The van der Waals surface area contributed by atoms with Crippen molar-refractivity contribution >= 4 is 87.9 Å². The van der Waals surface area contributed by atoms with E-state index in [1.807, 2.05) is 0 Å². The van der Waals surface area contributed by atoms with Crippen LogP contribution < -0.4 is 73.5 Å². The molecule has 2 unspecified atom stereocenters. The molecule has 43 heteroatoms. The highest BCUT2D eigenvalue weighted by Crippen LogP contribution is 2.50. The molecule has 11 bridgehead atoms. The molecule has 1 aromatic heterocycles. The van der Waals surface area contributed by atoms with Crippen molar-refractivity contribution in [2.75, 3.05) is 25.5 Å². The van der Waals surface area contributed by atoms with Crippen LogP contribution in [-0.2, 0) is 59.1 Å². The van der Waals surface area contributed by atoms with Crippen LogP contribution in [-0.4, -0.2) is 218 Å². The Balaban J connectivity index is 0.989. The number of amides is 8. The van der Waals surface area contributed by atoms with Crippen LogP contribution in [0, 0.1) is 29.9 Å². The number of hydrogen-bond acceptors (Lipinski definition) is 30. The summed E-state index contributed by atoms with van der Waals surface area (Å²) in [5, 5.41) is 150. The van der Waals surface area contributed by atoms with Gasteiger partial charge in [-0.3, -0.25) is 53.0 Å². The molecule has 8 heterocycles. The summed E-state index contributed by atoms with van der Waals surface area (Å²) in [6, 6.07) is 2.69. The first kappa shape index (κ1) is 91.0. The molecule has 7 aromatic rings. The Kier molecular flexibility index (Phi) is 27.5. The average molecular weight is 1760 g/mol. The van der Waals surface area contributed by atoms with E-state index in [4.69, 9.17) is 57.4 Å². The second-order valence-electron chi connectivity index (χ2n) is 31.0. The van der Waals surface area contributed by atoms with Crippen molar-refractivity contribution in [1.29, 1.82) is 0 Å². The third-order valence-electron chi connectivity index (χ3n) is 21.7. The number of nitro benzene ring substituents is 1. The SMILES string of the molecule is CN[C@@H](CC(C)C)C(=O)N[C@H]1C(=O)N[C@@H](CC(N)=O)C(=O)NC2C(=O)N[C@@H]3C(=O)N[C@@H](C(=O)N[C@@H](C(=O)O)c4cc(O)cc(O)c4-c4cc3ccc4O)[C@H](O)c3ccc(c(Cl)c3)Oc3cc2cc(c3OC2O[C@@H](CO)[C@@H](O)[C@@H](O)[C@H]2O[C@H]2C[C@@](C)(NCCn3ccc(NC(=O)c4cc(C)c([N+](=O)[O-])c(C)c4)nc3=O)[C@@H](O)[C@@H](C)O2)Oc2ccc(cc2Cl)[C@H]1O. The third kappa shape index (κ3) is 19.5. The number of aromatic nitrogens is 2. The van der Waals surface area contributed by atoms with Crippen molar-refractivity contribution in [2.45, 2.75) is 177 Å². The summed E-state index contributed by atoms with van der Waals surface area (Å²) in [6.45, 7) is 8.37. The molecule has 0 saturated carbocycles. The van der Waals surface area contributed by atoms with Gasteiger partial charge in [0.25, 0.3) is 11.6 Å². The summed E-state index contributed by atoms with van der Waals surface area (Å²) in [7, 11) is 1.46. The number of carboxylic acid groups (broad SMARTS) is 1. The molecule has 0 spiro atoms. The summed E-state index contributed by atoms with van der Waals surface area (Å²) in [5.41, 5.74) is 0.796. The fraction of sp³-hybridized carbons (Fsp3) is 0.395. The lowest BCUT2D eigenvalue weighted by Crippen LogP contribution is -2.65. The van der Waals surface area contributed by atoms with Crippen molar-refractivity contribution < 1.29 is 128 Å². The monoisotopic (exact) mass is 1760 g/mol. The first-order valence-corrected chi connectivity index (χ1v) is 39.5. The highest BCUT2D eigenvalue weighted by molar-refractivity contribution is 6.32. The highest BCUT2D eigenvalue weighted by Gasteiger charge is 2.52. The summed E-state index contributed by atoms with van der Waals surface area (Å²) in [4.78, 5) is 160. The molecular formula is C81H89Cl2N13O28. The van der Waals surface area contributed by atoms with Gasteiger partial charge in [0.15, 0.2) is 29.9 Å². The van der Waals surface area contributed by atoms with Crippen molar-refractivity contribution in [3.05, 3.63) is 178 Å². The number of hydrogen-bond donors (Lipinski definition) is 20. The number of aliphatic carboxylic acids is 1. The molecule has 6 aromatic carbocycles. The fourth-order valence-corrected chi connectivity index (χ4v) is 15.8. The number of rotatable bonds is 20. The number of primary amides is 1. The molecule has 21 N–H and O–H groups in total. The molecular weight excluding hydrogens is 1670 g/mol. The number of aliphatic hydroxyl groups is 6. The molecule has 124 heavy (non-hydrogen) atoms. The molecule has 8 amide bonds. The van der Waals surface area contributed by atoms with Crippen molar-refractivity contribution in [2.24, 2.45) is 11.7 Å². The zero-order valence-corrected chi connectivity index (χ0v) is 68.5. The molecule has 7 aliphatic heterocycles. The predicted molar refractivity (Wildman–Crippen MR) is 432 cm³/mol. The Morgan fingerprint density at radius 2 is 1.36 bits per heavy atom. The number of carbonyl (C=O) groups excluding carboxylic acids is 8. The lowest BCUT2D eigenvalue weighted by Gasteiger charge is -2.48. The van der Waals surface area contributed by atoms with E-state index in [0.717, 1.165) is 72.8 Å². The number of aliphatic hydroxyl groups excluding tert-OH is 6. The lowest BCUT2D eigenvalue weighted by atomic mass is 9.85. The van der Waals surface area contributed by atoms with Gasteiger partial charge in [0, 0.05) is 70.7 Å². The van der Waals surface area contributed by atoms with Gasteiger partial charge in [-0.05, 0) is 142 Å². The minimum atomic E-state index is -2.41. The molecule has 18 atom stereocenters. The Hall–Kier alpha value is -12.2. The maximum atomic E-state index is 16.2. The number of benzene rings is 6. The lowest BCUT2D eigenvalue weighted by molar-refractivity contribution is -0.386. The van der Waals surface area contributed by atoms with Crippen LogP contribution in [0.3, 0.4) is 0 Å². The molecule has 2 saturated heterocycles. The minimum absolute atomic E-state index is 0.0644. The summed E-state index contributed by atoms with van der Waals surface area (Å²) in [6.07, 6.45) is -18.5. The zero-order valence-electron chi connectivity index (χ0n) is 66.9.